The highest BCUT2D eigenvalue weighted by atomic mass is 16.5. The van der Waals surface area contributed by atoms with E-state index in [1.807, 2.05) is 55.5 Å². The van der Waals surface area contributed by atoms with Crippen molar-refractivity contribution in [2.24, 2.45) is 0 Å². The Morgan fingerprint density at radius 2 is 1.83 bits per heavy atom. The van der Waals surface area contributed by atoms with E-state index in [0.29, 0.717) is 6.42 Å². The first-order chi connectivity index (χ1) is 14.2. The number of hydrogen-bond acceptors (Lipinski definition) is 4. The molecular formula is C25H21NO3. The highest BCUT2D eigenvalue weighted by Gasteiger charge is 2.12. The summed E-state index contributed by atoms with van der Waals surface area (Å²) in [5.41, 5.74) is 5.57. The maximum absolute atomic E-state index is 12.6. The Kier molecular flexibility index (Phi) is 5.25. The molecule has 2 aromatic heterocycles. The summed E-state index contributed by atoms with van der Waals surface area (Å²) in [4.78, 5) is 16.7. The Labute approximate surface area is 169 Å². The standard InChI is InChI=1S/C25H21NO3/c1-17-16-26-12-11-21(17)23(27)14-18-5-7-19(8-6-18)22-15-20(9-10-25(22)28-2)24-4-3-13-29-24/h3-13,15-16H,14H2,1-2H3. The molecular weight excluding hydrogens is 362 g/mol. The molecule has 4 rings (SSSR count). The van der Waals surface area contributed by atoms with Gasteiger partial charge < -0.3 is 9.15 Å². The van der Waals surface area contributed by atoms with E-state index < -0.39 is 0 Å². The molecule has 0 unspecified atom stereocenters. The molecule has 2 aromatic carbocycles. The van der Waals surface area contributed by atoms with E-state index >= 15 is 0 Å². The Hall–Kier alpha value is -3.66. The number of rotatable bonds is 6. The molecule has 144 valence electrons. The summed E-state index contributed by atoms with van der Waals surface area (Å²) in [5.74, 6) is 1.69. The maximum Gasteiger partial charge on any atom is 0.167 e. The fourth-order valence-corrected chi connectivity index (χ4v) is 3.40. The number of carbonyl (C=O) groups is 1. The van der Waals surface area contributed by atoms with Crippen molar-refractivity contribution in [1.29, 1.82) is 0 Å². The van der Waals surface area contributed by atoms with Gasteiger partial charge in [0.25, 0.3) is 0 Å². The minimum atomic E-state index is 0.0926. The van der Waals surface area contributed by atoms with E-state index in [1.54, 1.807) is 31.8 Å². The number of carbonyl (C=O) groups excluding carboxylic acids is 1. The lowest BCUT2D eigenvalue weighted by Crippen LogP contribution is -2.05. The summed E-state index contributed by atoms with van der Waals surface area (Å²) in [6.07, 6.45) is 5.39. The number of furan rings is 1. The van der Waals surface area contributed by atoms with Gasteiger partial charge in [-0.25, -0.2) is 0 Å². The van der Waals surface area contributed by atoms with Gasteiger partial charge in [0.15, 0.2) is 5.78 Å². The van der Waals surface area contributed by atoms with Crippen molar-refractivity contribution in [2.45, 2.75) is 13.3 Å². The first kappa shape index (κ1) is 18.7. The lowest BCUT2D eigenvalue weighted by atomic mass is 9.97. The second kappa shape index (κ2) is 8.15. The molecule has 0 saturated carbocycles. The van der Waals surface area contributed by atoms with Crippen LogP contribution in [0.2, 0.25) is 0 Å². The summed E-state index contributed by atoms with van der Waals surface area (Å²) in [6, 6.07) is 19.6. The van der Waals surface area contributed by atoms with Crippen LogP contribution in [0.3, 0.4) is 0 Å². The van der Waals surface area contributed by atoms with Crippen LogP contribution in [-0.4, -0.2) is 17.9 Å². The molecule has 4 heteroatoms. The Balaban J connectivity index is 1.60. The number of aryl methyl sites for hydroxylation is 1. The van der Waals surface area contributed by atoms with Crippen LogP contribution in [0.5, 0.6) is 5.75 Å². The van der Waals surface area contributed by atoms with E-state index in [-0.39, 0.29) is 5.78 Å². The predicted octanol–water partition coefficient (Wildman–Crippen LogP) is 5.75. The quantitative estimate of drug-likeness (QED) is 0.398. The minimum absolute atomic E-state index is 0.0926. The molecule has 4 nitrogen and oxygen atoms in total. The predicted molar refractivity (Wildman–Crippen MR) is 113 cm³/mol. The van der Waals surface area contributed by atoms with Gasteiger partial charge in [-0.1, -0.05) is 24.3 Å². The van der Waals surface area contributed by atoms with Crippen molar-refractivity contribution in [3.63, 3.8) is 0 Å². The van der Waals surface area contributed by atoms with Crippen LogP contribution in [0.15, 0.2) is 83.7 Å². The lowest BCUT2D eigenvalue weighted by molar-refractivity contribution is 0.0992. The first-order valence-corrected chi connectivity index (χ1v) is 9.41. The van der Waals surface area contributed by atoms with Crippen LogP contribution >= 0.6 is 0 Å². The van der Waals surface area contributed by atoms with Crippen LogP contribution in [0.1, 0.15) is 21.5 Å². The van der Waals surface area contributed by atoms with E-state index in [9.17, 15) is 4.79 Å². The van der Waals surface area contributed by atoms with E-state index in [2.05, 4.69) is 11.1 Å². The average Bonchev–Trinajstić information content (AvgIpc) is 3.29. The number of hydrogen-bond donors (Lipinski definition) is 0. The summed E-state index contributed by atoms with van der Waals surface area (Å²) >= 11 is 0. The fourth-order valence-electron chi connectivity index (χ4n) is 3.40. The van der Waals surface area contributed by atoms with Crippen molar-refractivity contribution in [1.82, 2.24) is 4.98 Å². The Morgan fingerprint density at radius 1 is 1.03 bits per heavy atom. The van der Waals surface area contributed by atoms with Crippen LogP contribution in [-0.2, 0) is 6.42 Å². The van der Waals surface area contributed by atoms with E-state index in [4.69, 9.17) is 9.15 Å². The van der Waals surface area contributed by atoms with E-state index in [1.165, 1.54) is 0 Å². The minimum Gasteiger partial charge on any atom is -0.496 e. The van der Waals surface area contributed by atoms with Gasteiger partial charge in [-0.2, -0.15) is 0 Å². The zero-order valence-electron chi connectivity index (χ0n) is 16.4. The zero-order valence-corrected chi connectivity index (χ0v) is 16.4. The molecule has 29 heavy (non-hydrogen) atoms. The third-order valence-electron chi connectivity index (χ3n) is 4.96. The molecule has 0 spiro atoms. The average molecular weight is 383 g/mol. The number of pyridine rings is 1. The molecule has 0 amide bonds. The topological polar surface area (TPSA) is 52.3 Å². The van der Waals surface area contributed by atoms with Crippen molar-refractivity contribution in [2.75, 3.05) is 7.11 Å². The second-order valence-electron chi connectivity index (χ2n) is 6.88. The molecule has 0 aliphatic carbocycles. The zero-order chi connectivity index (χ0) is 20.2. The normalized spacial score (nSPS) is 10.7. The highest BCUT2D eigenvalue weighted by Crippen LogP contribution is 2.34. The van der Waals surface area contributed by atoms with Gasteiger partial charge in [0.2, 0.25) is 0 Å². The van der Waals surface area contributed by atoms with Crippen molar-refractivity contribution < 1.29 is 13.9 Å². The third kappa shape index (κ3) is 3.97. The highest BCUT2D eigenvalue weighted by molar-refractivity contribution is 5.98. The number of ether oxygens (including phenoxy) is 1. The van der Waals surface area contributed by atoms with Gasteiger partial charge in [0.05, 0.1) is 13.4 Å². The number of ketones is 1. The summed E-state index contributed by atoms with van der Waals surface area (Å²) in [5, 5.41) is 0. The first-order valence-electron chi connectivity index (χ1n) is 9.41. The van der Waals surface area contributed by atoms with Gasteiger partial charge >= 0.3 is 0 Å². The van der Waals surface area contributed by atoms with Crippen LogP contribution in [0.4, 0.5) is 0 Å². The largest absolute Gasteiger partial charge is 0.496 e. The third-order valence-corrected chi connectivity index (χ3v) is 4.96. The van der Waals surface area contributed by atoms with Crippen LogP contribution < -0.4 is 4.74 Å². The van der Waals surface area contributed by atoms with Crippen LogP contribution in [0, 0.1) is 6.92 Å². The van der Waals surface area contributed by atoms with Crippen LogP contribution in [0.25, 0.3) is 22.5 Å². The summed E-state index contributed by atoms with van der Waals surface area (Å²) in [7, 11) is 1.66. The Morgan fingerprint density at radius 3 is 2.52 bits per heavy atom. The number of nitrogens with zero attached hydrogens (tertiary/aromatic N) is 1. The molecule has 0 fully saturated rings. The van der Waals surface area contributed by atoms with Crippen molar-refractivity contribution >= 4 is 5.78 Å². The number of benzene rings is 2. The molecule has 0 bridgehead atoms. The lowest BCUT2D eigenvalue weighted by Gasteiger charge is -2.11. The molecule has 0 aliphatic rings. The number of methoxy groups -OCH3 is 1. The molecule has 0 saturated heterocycles. The molecule has 0 radical (unpaired) electrons. The summed E-state index contributed by atoms with van der Waals surface area (Å²) < 4.78 is 11.1. The maximum atomic E-state index is 12.6. The van der Waals surface area contributed by atoms with Gasteiger partial charge in [0.1, 0.15) is 11.5 Å². The van der Waals surface area contributed by atoms with E-state index in [0.717, 1.165) is 44.9 Å². The fraction of sp³-hybridized carbons (Fsp3) is 0.120. The van der Waals surface area contributed by atoms with Gasteiger partial charge in [-0.05, 0) is 60.0 Å². The summed E-state index contributed by atoms with van der Waals surface area (Å²) in [6.45, 7) is 1.90. The van der Waals surface area contributed by atoms with Gasteiger partial charge in [0, 0.05) is 35.5 Å². The monoisotopic (exact) mass is 383 g/mol. The molecule has 0 atom stereocenters. The number of Topliss-reactive ketones (excluding diaryl/α,β-unsaturated/α-hetero) is 1. The smallest absolute Gasteiger partial charge is 0.167 e. The molecule has 4 aromatic rings. The van der Waals surface area contributed by atoms with Crippen molar-refractivity contribution in [3.8, 4) is 28.2 Å². The molecule has 2 heterocycles. The second-order valence-corrected chi connectivity index (χ2v) is 6.88. The Bertz CT molecular complexity index is 1130. The molecule has 0 N–H and O–H groups in total. The van der Waals surface area contributed by atoms with Crippen molar-refractivity contribution in [3.05, 3.63) is 96.0 Å². The number of aromatic nitrogens is 1. The van der Waals surface area contributed by atoms with Gasteiger partial charge in [-0.3, -0.25) is 9.78 Å². The SMILES string of the molecule is COc1ccc(-c2ccco2)cc1-c1ccc(CC(=O)c2ccncc2C)cc1. The van der Waals surface area contributed by atoms with Gasteiger partial charge in [-0.15, -0.1) is 0 Å². The molecule has 0 aliphatic heterocycles.